The van der Waals surface area contributed by atoms with E-state index in [4.69, 9.17) is 5.11 Å². The molecule has 4 bridgehead atoms. The first kappa shape index (κ1) is 19.9. The van der Waals surface area contributed by atoms with Crippen LogP contribution in [0.15, 0.2) is 30.3 Å². The Bertz CT molecular complexity index is 610. The highest BCUT2D eigenvalue weighted by molar-refractivity contribution is 5.94. The van der Waals surface area contributed by atoms with Crippen molar-refractivity contribution in [1.29, 1.82) is 0 Å². The molecule has 0 saturated heterocycles. The number of hydrogen-bond acceptors (Lipinski definition) is 3. The topological polar surface area (TPSA) is 52.6 Å². The average molecular weight is 385 g/mol. The first-order chi connectivity index (χ1) is 13.7. The quantitative estimate of drug-likeness (QED) is 0.473. The Morgan fingerprint density at radius 1 is 1.00 bits per heavy atom. The van der Waals surface area contributed by atoms with E-state index < -0.39 is 0 Å². The van der Waals surface area contributed by atoms with Crippen LogP contribution >= 0.6 is 0 Å². The fourth-order valence-corrected chi connectivity index (χ4v) is 6.60. The molecule has 0 aromatic heterocycles. The van der Waals surface area contributed by atoms with Gasteiger partial charge in [0, 0.05) is 18.7 Å². The summed E-state index contributed by atoms with van der Waals surface area (Å²) >= 11 is 0. The van der Waals surface area contributed by atoms with E-state index in [0.29, 0.717) is 12.1 Å². The van der Waals surface area contributed by atoms with E-state index in [1.54, 1.807) is 0 Å². The van der Waals surface area contributed by atoms with Gasteiger partial charge in [0.25, 0.3) is 5.91 Å². The van der Waals surface area contributed by atoms with E-state index in [1.807, 2.05) is 30.3 Å². The molecule has 154 valence electrons. The van der Waals surface area contributed by atoms with E-state index in [2.05, 4.69) is 10.2 Å². The lowest BCUT2D eigenvalue weighted by Gasteiger charge is -2.57. The number of unbranched alkanes of at least 4 members (excludes halogenated alkanes) is 2. The Morgan fingerprint density at radius 2 is 1.64 bits per heavy atom. The van der Waals surface area contributed by atoms with Crippen LogP contribution in [0.5, 0.6) is 0 Å². The van der Waals surface area contributed by atoms with Crippen LogP contribution in [0.4, 0.5) is 0 Å². The zero-order valence-corrected chi connectivity index (χ0v) is 17.1. The SMILES string of the molecule is O=C(c1ccccc1)N(CNCCCCCO)CC12CC3CC(CC(C3)C1)C2. The second kappa shape index (κ2) is 8.96. The van der Waals surface area contributed by atoms with Crippen LogP contribution in [0.25, 0.3) is 0 Å². The van der Waals surface area contributed by atoms with Crippen LogP contribution in [0.3, 0.4) is 0 Å². The van der Waals surface area contributed by atoms with Crippen LogP contribution < -0.4 is 5.32 Å². The van der Waals surface area contributed by atoms with Gasteiger partial charge in [-0.15, -0.1) is 0 Å². The van der Waals surface area contributed by atoms with Gasteiger partial charge in [0.15, 0.2) is 0 Å². The van der Waals surface area contributed by atoms with Crippen LogP contribution in [-0.4, -0.2) is 42.3 Å². The number of rotatable bonds is 10. The molecule has 4 aliphatic rings. The van der Waals surface area contributed by atoms with Gasteiger partial charge in [0.05, 0.1) is 6.67 Å². The Balaban J connectivity index is 1.41. The first-order valence-corrected chi connectivity index (χ1v) is 11.3. The lowest BCUT2D eigenvalue weighted by Crippen LogP contribution is -2.53. The lowest BCUT2D eigenvalue weighted by atomic mass is 9.49. The maximum Gasteiger partial charge on any atom is 0.254 e. The summed E-state index contributed by atoms with van der Waals surface area (Å²) in [4.78, 5) is 15.4. The third kappa shape index (κ3) is 4.60. The number of benzene rings is 1. The largest absolute Gasteiger partial charge is 0.396 e. The molecule has 4 heteroatoms. The summed E-state index contributed by atoms with van der Waals surface area (Å²) in [6.07, 6.45) is 11.2. The number of nitrogens with zero attached hydrogens (tertiary/aromatic N) is 1. The number of hydrogen-bond donors (Lipinski definition) is 2. The molecule has 5 rings (SSSR count). The molecule has 0 heterocycles. The molecule has 2 N–H and O–H groups in total. The molecule has 1 aromatic rings. The van der Waals surface area contributed by atoms with Gasteiger partial charge in [-0.25, -0.2) is 0 Å². The van der Waals surface area contributed by atoms with Crippen LogP contribution in [-0.2, 0) is 0 Å². The molecule has 4 fully saturated rings. The first-order valence-electron chi connectivity index (χ1n) is 11.3. The lowest BCUT2D eigenvalue weighted by molar-refractivity contribution is -0.0659. The van der Waals surface area contributed by atoms with Crippen molar-refractivity contribution in [2.24, 2.45) is 23.2 Å². The van der Waals surface area contributed by atoms with Gasteiger partial charge in [-0.3, -0.25) is 10.1 Å². The van der Waals surface area contributed by atoms with Gasteiger partial charge in [0.2, 0.25) is 0 Å². The van der Waals surface area contributed by atoms with Crippen LogP contribution in [0, 0.1) is 23.2 Å². The average Bonchev–Trinajstić information content (AvgIpc) is 2.68. The molecule has 0 unspecified atom stereocenters. The summed E-state index contributed by atoms with van der Waals surface area (Å²) < 4.78 is 0. The van der Waals surface area contributed by atoms with Crippen molar-refractivity contribution >= 4 is 5.91 Å². The summed E-state index contributed by atoms with van der Waals surface area (Å²) in [5.41, 5.74) is 1.16. The monoisotopic (exact) mass is 384 g/mol. The zero-order chi connectivity index (χ0) is 19.4. The molecular weight excluding hydrogens is 348 g/mol. The van der Waals surface area contributed by atoms with Crippen molar-refractivity contribution in [2.75, 3.05) is 26.4 Å². The normalized spacial score (nSPS) is 30.5. The number of nitrogens with one attached hydrogen (secondary N) is 1. The van der Waals surface area contributed by atoms with E-state index in [0.717, 1.165) is 55.7 Å². The maximum absolute atomic E-state index is 13.3. The highest BCUT2D eigenvalue weighted by Crippen LogP contribution is 2.60. The molecule has 1 aromatic carbocycles. The predicted octanol–water partition coefficient (Wildman–Crippen LogP) is 4.05. The molecule has 4 aliphatic carbocycles. The molecular formula is C24H36N2O2. The number of aliphatic hydroxyl groups is 1. The fraction of sp³-hybridized carbons (Fsp3) is 0.708. The van der Waals surface area contributed by atoms with Gasteiger partial charge < -0.3 is 10.0 Å². The fourth-order valence-electron chi connectivity index (χ4n) is 6.60. The Labute approximate surface area is 169 Å². The molecule has 0 radical (unpaired) electrons. The van der Waals surface area contributed by atoms with Gasteiger partial charge >= 0.3 is 0 Å². The van der Waals surface area contributed by atoms with Crippen LogP contribution in [0.1, 0.15) is 68.1 Å². The second-order valence-corrected chi connectivity index (χ2v) is 9.73. The van der Waals surface area contributed by atoms with Crippen molar-refractivity contribution in [3.63, 3.8) is 0 Å². The van der Waals surface area contributed by atoms with Gasteiger partial charge in [0.1, 0.15) is 0 Å². The molecule has 0 spiro atoms. The molecule has 28 heavy (non-hydrogen) atoms. The smallest absolute Gasteiger partial charge is 0.254 e. The highest BCUT2D eigenvalue weighted by atomic mass is 16.2. The van der Waals surface area contributed by atoms with Crippen molar-refractivity contribution in [1.82, 2.24) is 10.2 Å². The van der Waals surface area contributed by atoms with Gasteiger partial charge in [-0.05, 0) is 99.6 Å². The Kier molecular flexibility index (Phi) is 6.37. The van der Waals surface area contributed by atoms with Gasteiger partial charge in [-0.2, -0.15) is 0 Å². The second-order valence-electron chi connectivity index (χ2n) is 9.73. The predicted molar refractivity (Wildman–Crippen MR) is 112 cm³/mol. The number of amides is 1. The molecule has 0 atom stereocenters. The minimum Gasteiger partial charge on any atom is -0.396 e. The van der Waals surface area contributed by atoms with E-state index in [1.165, 1.54) is 38.5 Å². The van der Waals surface area contributed by atoms with Crippen molar-refractivity contribution in [3.05, 3.63) is 35.9 Å². The van der Waals surface area contributed by atoms with E-state index in [-0.39, 0.29) is 12.5 Å². The summed E-state index contributed by atoms with van der Waals surface area (Å²) in [6, 6.07) is 9.77. The van der Waals surface area contributed by atoms with Gasteiger partial charge in [-0.1, -0.05) is 18.2 Å². The molecule has 0 aliphatic heterocycles. The van der Waals surface area contributed by atoms with E-state index >= 15 is 0 Å². The third-order valence-electron chi connectivity index (χ3n) is 7.31. The molecule has 1 amide bonds. The standard InChI is InChI=1S/C24H36N2O2/c27-10-6-2-5-9-25-18-26(23(28)22-7-3-1-4-8-22)17-24-14-19-11-20(15-24)13-21(12-19)16-24/h1,3-4,7-8,19-21,25,27H,2,5-6,9-18H2. The molecule has 4 saturated carbocycles. The highest BCUT2D eigenvalue weighted by Gasteiger charge is 2.51. The minimum atomic E-state index is 0.166. The van der Waals surface area contributed by atoms with Crippen LogP contribution in [0.2, 0.25) is 0 Å². The summed E-state index contributed by atoms with van der Waals surface area (Å²) in [5.74, 6) is 2.89. The maximum atomic E-state index is 13.3. The number of carbonyl (C=O) groups excluding carboxylic acids is 1. The Morgan fingerprint density at radius 3 is 2.25 bits per heavy atom. The Hall–Kier alpha value is -1.39. The summed E-state index contributed by atoms with van der Waals surface area (Å²) in [5, 5.41) is 12.4. The van der Waals surface area contributed by atoms with Crippen molar-refractivity contribution in [2.45, 2.75) is 57.8 Å². The van der Waals surface area contributed by atoms with Crippen molar-refractivity contribution in [3.8, 4) is 0 Å². The minimum absolute atomic E-state index is 0.166. The van der Waals surface area contributed by atoms with Crippen molar-refractivity contribution < 1.29 is 9.90 Å². The number of carbonyl (C=O) groups is 1. The third-order valence-corrected chi connectivity index (χ3v) is 7.31. The molecule has 4 nitrogen and oxygen atoms in total. The summed E-state index contributed by atoms with van der Waals surface area (Å²) in [7, 11) is 0. The summed E-state index contributed by atoms with van der Waals surface area (Å²) in [6.45, 7) is 2.71. The zero-order valence-electron chi connectivity index (χ0n) is 17.1. The van der Waals surface area contributed by atoms with E-state index in [9.17, 15) is 4.79 Å². The number of aliphatic hydroxyl groups excluding tert-OH is 1.